The zero-order valence-corrected chi connectivity index (χ0v) is 12.2. The molecule has 1 aromatic rings. The molecule has 0 bridgehead atoms. The van der Waals surface area contributed by atoms with Gasteiger partial charge in [0.1, 0.15) is 0 Å². The van der Waals surface area contributed by atoms with Crippen molar-refractivity contribution in [2.24, 2.45) is 0 Å². The molecule has 1 aromatic carbocycles. The van der Waals surface area contributed by atoms with E-state index in [9.17, 15) is 5.11 Å². The van der Waals surface area contributed by atoms with Gasteiger partial charge in [-0.2, -0.15) is 0 Å². The van der Waals surface area contributed by atoms with Gasteiger partial charge in [0.25, 0.3) is 0 Å². The summed E-state index contributed by atoms with van der Waals surface area (Å²) < 4.78 is 0. The largest absolute Gasteiger partial charge is 0.385 e. The third kappa shape index (κ3) is 5.22. The topological polar surface area (TPSA) is 20.2 Å². The minimum Gasteiger partial charge on any atom is -0.385 e. The second-order valence-corrected chi connectivity index (χ2v) is 5.66. The molecule has 0 aromatic heterocycles. The van der Waals surface area contributed by atoms with E-state index in [1.54, 1.807) is 0 Å². The fourth-order valence-corrected chi connectivity index (χ4v) is 2.31. The van der Waals surface area contributed by atoms with Gasteiger partial charge in [-0.1, -0.05) is 75.3 Å². The predicted molar refractivity (Wildman–Crippen MR) is 78.7 cm³/mol. The second kappa shape index (κ2) is 7.58. The number of aliphatic hydroxyl groups is 1. The van der Waals surface area contributed by atoms with Crippen molar-refractivity contribution < 1.29 is 5.11 Å². The van der Waals surface area contributed by atoms with E-state index in [1.165, 1.54) is 37.7 Å². The van der Waals surface area contributed by atoms with E-state index in [2.05, 4.69) is 26.0 Å². The van der Waals surface area contributed by atoms with Crippen LogP contribution in [0.1, 0.15) is 69.9 Å². The smallest absolute Gasteiger partial charge is 0.0868 e. The van der Waals surface area contributed by atoms with Crippen molar-refractivity contribution in [3.05, 3.63) is 35.4 Å². The van der Waals surface area contributed by atoms with Gasteiger partial charge in [0.05, 0.1) is 5.60 Å². The Labute approximate surface area is 112 Å². The van der Waals surface area contributed by atoms with Gasteiger partial charge < -0.3 is 5.11 Å². The lowest BCUT2D eigenvalue weighted by molar-refractivity contribution is 0.0448. The molecule has 0 saturated heterocycles. The summed E-state index contributed by atoms with van der Waals surface area (Å²) in [4.78, 5) is 0. The molecule has 0 aliphatic carbocycles. The first kappa shape index (κ1) is 15.2. The third-order valence-electron chi connectivity index (χ3n) is 3.69. The molecule has 0 amide bonds. The summed E-state index contributed by atoms with van der Waals surface area (Å²) >= 11 is 0. The average molecular weight is 248 g/mol. The first-order valence-corrected chi connectivity index (χ1v) is 7.36. The van der Waals surface area contributed by atoms with Crippen LogP contribution in [0.4, 0.5) is 0 Å². The van der Waals surface area contributed by atoms with Crippen molar-refractivity contribution in [1.29, 1.82) is 0 Å². The lowest BCUT2D eigenvalue weighted by Gasteiger charge is -2.24. The fraction of sp³-hybridized carbons (Fsp3) is 0.647. The molecule has 0 aliphatic rings. The Kier molecular flexibility index (Phi) is 6.42. The zero-order chi connectivity index (χ0) is 13.4. The van der Waals surface area contributed by atoms with Gasteiger partial charge in [0.15, 0.2) is 0 Å². The van der Waals surface area contributed by atoms with Crippen LogP contribution in [-0.4, -0.2) is 5.11 Å². The number of aryl methyl sites for hydroxylation is 1. The molecular weight excluding hydrogens is 220 g/mol. The maximum Gasteiger partial charge on any atom is 0.0868 e. The van der Waals surface area contributed by atoms with Crippen LogP contribution in [0, 0.1) is 6.92 Å². The highest BCUT2D eigenvalue weighted by Crippen LogP contribution is 2.27. The van der Waals surface area contributed by atoms with Crippen LogP contribution >= 0.6 is 0 Å². The van der Waals surface area contributed by atoms with Crippen LogP contribution in [0.25, 0.3) is 0 Å². The van der Waals surface area contributed by atoms with Crippen molar-refractivity contribution >= 4 is 0 Å². The molecule has 102 valence electrons. The first-order chi connectivity index (χ1) is 8.56. The van der Waals surface area contributed by atoms with Gasteiger partial charge in [0, 0.05) is 0 Å². The standard InChI is InChI=1S/C17H28O/c1-4-5-6-7-8-9-14-17(3,18)16-12-10-15(2)11-13-16/h10-13,18H,4-9,14H2,1-3H3. The van der Waals surface area contributed by atoms with E-state index >= 15 is 0 Å². The van der Waals surface area contributed by atoms with E-state index in [-0.39, 0.29) is 0 Å². The molecule has 0 saturated carbocycles. The predicted octanol–water partition coefficient (Wildman–Crippen LogP) is 4.95. The molecule has 0 heterocycles. The highest BCUT2D eigenvalue weighted by Gasteiger charge is 2.21. The van der Waals surface area contributed by atoms with Crippen molar-refractivity contribution in [1.82, 2.24) is 0 Å². The molecule has 0 radical (unpaired) electrons. The summed E-state index contributed by atoms with van der Waals surface area (Å²) in [5.41, 5.74) is 1.62. The number of hydrogen-bond donors (Lipinski definition) is 1. The monoisotopic (exact) mass is 248 g/mol. The number of unbranched alkanes of at least 4 members (excludes halogenated alkanes) is 5. The lowest BCUT2D eigenvalue weighted by Crippen LogP contribution is -2.20. The lowest BCUT2D eigenvalue weighted by atomic mass is 9.89. The average Bonchev–Trinajstić information content (AvgIpc) is 2.34. The van der Waals surface area contributed by atoms with Crippen LogP contribution < -0.4 is 0 Å². The summed E-state index contributed by atoms with van der Waals surface area (Å²) in [5, 5.41) is 10.5. The van der Waals surface area contributed by atoms with Gasteiger partial charge in [-0.15, -0.1) is 0 Å². The van der Waals surface area contributed by atoms with E-state index in [0.717, 1.165) is 18.4 Å². The summed E-state index contributed by atoms with van der Waals surface area (Å²) in [7, 11) is 0. The molecule has 1 nitrogen and oxygen atoms in total. The summed E-state index contributed by atoms with van der Waals surface area (Å²) in [6.07, 6.45) is 8.49. The van der Waals surface area contributed by atoms with Gasteiger partial charge in [-0.25, -0.2) is 0 Å². The molecule has 1 atom stereocenters. The van der Waals surface area contributed by atoms with Crippen LogP contribution in [0.5, 0.6) is 0 Å². The minimum absolute atomic E-state index is 0.668. The van der Waals surface area contributed by atoms with Crippen molar-refractivity contribution in [3.63, 3.8) is 0 Å². The Morgan fingerprint density at radius 1 is 0.944 bits per heavy atom. The molecule has 0 fully saturated rings. The highest BCUT2D eigenvalue weighted by molar-refractivity contribution is 5.25. The van der Waals surface area contributed by atoms with Crippen LogP contribution in [0.3, 0.4) is 0 Å². The number of benzene rings is 1. The quantitative estimate of drug-likeness (QED) is 0.645. The van der Waals surface area contributed by atoms with Crippen LogP contribution in [-0.2, 0) is 5.60 Å². The Morgan fingerprint density at radius 2 is 1.50 bits per heavy atom. The van der Waals surface area contributed by atoms with Gasteiger partial charge in [-0.05, 0) is 25.8 Å². The third-order valence-corrected chi connectivity index (χ3v) is 3.69. The molecule has 1 heteroatoms. The molecule has 0 aliphatic heterocycles. The molecule has 0 spiro atoms. The Morgan fingerprint density at radius 3 is 2.11 bits per heavy atom. The molecular formula is C17H28O. The van der Waals surface area contributed by atoms with Crippen molar-refractivity contribution in [2.75, 3.05) is 0 Å². The first-order valence-electron chi connectivity index (χ1n) is 7.36. The molecule has 1 rings (SSSR count). The van der Waals surface area contributed by atoms with Crippen molar-refractivity contribution in [2.45, 2.75) is 71.3 Å². The van der Waals surface area contributed by atoms with Gasteiger partial charge in [-0.3, -0.25) is 0 Å². The summed E-state index contributed by atoms with van der Waals surface area (Å²) in [5.74, 6) is 0. The summed E-state index contributed by atoms with van der Waals surface area (Å²) in [6.45, 7) is 6.25. The normalized spacial score (nSPS) is 14.4. The Hall–Kier alpha value is -0.820. The van der Waals surface area contributed by atoms with Crippen LogP contribution in [0.15, 0.2) is 24.3 Å². The molecule has 1 N–H and O–H groups in total. The highest BCUT2D eigenvalue weighted by atomic mass is 16.3. The van der Waals surface area contributed by atoms with Gasteiger partial charge in [0.2, 0.25) is 0 Å². The number of hydrogen-bond acceptors (Lipinski definition) is 1. The van der Waals surface area contributed by atoms with E-state index in [4.69, 9.17) is 0 Å². The maximum atomic E-state index is 10.5. The summed E-state index contributed by atoms with van der Waals surface area (Å²) in [6, 6.07) is 8.24. The molecule has 18 heavy (non-hydrogen) atoms. The maximum absolute atomic E-state index is 10.5. The molecule has 1 unspecified atom stereocenters. The second-order valence-electron chi connectivity index (χ2n) is 5.66. The van der Waals surface area contributed by atoms with Crippen molar-refractivity contribution in [3.8, 4) is 0 Å². The zero-order valence-electron chi connectivity index (χ0n) is 12.2. The van der Waals surface area contributed by atoms with E-state index < -0.39 is 5.60 Å². The fourth-order valence-electron chi connectivity index (χ4n) is 2.31. The van der Waals surface area contributed by atoms with E-state index in [1.807, 2.05) is 19.1 Å². The Bertz CT molecular complexity index is 324. The SMILES string of the molecule is CCCCCCCCC(C)(O)c1ccc(C)cc1. The number of rotatable bonds is 8. The minimum atomic E-state index is -0.668. The van der Waals surface area contributed by atoms with Gasteiger partial charge >= 0.3 is 0 Å². The Balaban J connectivity index is 2.33. The van der Waals surface area contributed by atoms with E-state index in [0.29, 0.717) is 0 Å². The van der Waals surface area contributed by atoms with Crippen LogP contribution in [0.2, 0.25) is 0 Å².